The van der Waals surface area contributed by atoms with Crippen molar-refractivity contribution in [3.05, 3.63) is 167 Å². The number of pyridine rings is 3. The molecular formula is C45H41Cl4N5O. The number of halogens is 4. The number of piperidine rings is 2. The number of likely N-dealkylation sites (tertiary alicyclic amines) is 1. The third kappa shape index (κ3) is 8.26. The lowest BCUT2D eigenvalue weighted by atomic mass is 9.88. The minimum absolute atomic E-state index is 0.162. The zero-order valence-electron chi connectivity index (χ0n) is 30.5. The molecule has 2 aromatic carbocycles. The standard InChI is InChI=1S/C26H23Cl2N3O.C19H18Cl2N2/c27-22-15-20-4-3-19-2-1-9-30-26(19)25(21(20)16-23(22)28)18-7-12-31(13-8-18)24(32)14-17-5-10-29-11-6-17;20-16-10-14-4-3-13-2-1-7-23-19(13)18(15(14)11-17(16)21)12-5-8-22-9-6-12/h1-2,5-6,9-11,15-16H,3-4,7-8,12-14H2;1-2,7,10-11,22H,3-6,8-9H2. The molecule has 0 atom stereocenters. The highest BCUT2D eigenvalue weighted by atomic mass is 35.5. The van der Waals surface area contributed by atoms with Crippen LogP contribution in [0, 0.1) is 0 Å². The number of hydrogen-bond acceptors (Lipinski definition) is 5. The molecule has 2 aliphatic carbocycles. The molecule has 6 nitrogen and oxygen atoms in total. The Kier molecular flexibility index (Phi) is 11.7. The third-order valence-electron chi connectivity index (χ3n) is 11.2. The first kappa shape index (κ1) is 37.9. The van der Waals surface area contributed by atoms with Gasteiger partial charge in [0.2, 0.25) is 5.91 Å². The maximum absolute atomic E-state index is 12.8. The topological polar surface area (TPSA) is 71.0 Å². The number of carbonyl (C=O) groups is 1. The number of hydrogen-bond donors (Lipinski definition) is 1. The number of rotatable bonds is 2. The van der Waals surface area contributed by atoms with Crippen molar-refractivity contribution in [2.75, 3.05) is 26.2 Å². The van der Waals surface area contributed by atoms with Crippen LogP contribution in [-0.4, -0.2) is 51.9 Å². The van der Waals surface area contributed by atoms with Crippen LogP contribution in [0.15, 0.2) is 96.6 Å². The van der Waals surface area contributed by atoms with Crippen molar-refractivity contribution >= 4 is 63.5 Å². The third-order valence-corrected chi connectivity index (χ3v) is 12.6. The number of amides is 1. The first-order valence-corrected chi connectivity index (χ1v) is 20.5. The molecule has 2 fully saturated rings. The van der Waals surface area contributed by atoms with E-state index in [0.29, 0.717) is 39.6 Å². The fraction of sp³-hybridized carbons (Fsp3) is 0.289. The molecule has 3 aromatic heterocycles. The Morgan fingerprint density at radius 3 is 1.58 bits per heavy atom. The molecule has 1 amide bonds. The molecule has 10 heteroatoms. The predicted molar refractivity (Wildman–Crippen MR) is 224 cm³/mol. The summed E-state index contributed by atoms with van der Waals surface area (Å²) >= 11 is 25.4. The first-order valence-electron chi connectivity index (χ1n) is 19.0. The van der Waals surface area contributed by atoms with Gasteiger partial charge in [-0.3, -0.25) is 19.7 Å². The number of fused-ring (bicyclic) bond motifs is 4. The lowest BCUT2D eigenvalue weighted by Crippen LogP contribution is -2.37. The van der Waals surface area contributed by atoms with Crippen molar-refractivity contribution in [3.8, 4) is 0 Å². The second-order valence-corrected chi connectivity index (χ2v) is 16.1. The summed E-state index contributed by atoms with van der Waals surface area (Å²) in [6.45, 7) is 3.47. The van der Waals surface area contributed by atoms with E-state index in [0.717, 1.165) is 87.0 Å². The van der Waals surface area contributed by atoms with Gasteiger partial charge in [-0.15, -0.1) is 0 Å². The average molecular weight is 810 g/mol. The molecule has 5 heterocycles. The molecule has 55 heavy (non-hydrogen) atoms. The second kappa shape index (κ2) is 17.0. The molecule has 2 aliphatic heterocycles. The van der Waals surface area contributed by atoms with Gasteiger partial charge in [0.1, 0.15) is 0 Å². The van der Waals surface area contributed by atoms with Crippen LogP contribution in [0.3, 0.4) is 0 Å². The van der Waals surface area contributed by atoms with Gasteiger partial charge < -0.3 is 10.2 Å². The van der Waals surface area contributed by atoms with Crippen LogP contribution >= 0.6 is 46.4 Å². The molecule has 280 valence electrons. The number of nitrogens with zero attached hydrogens (tertiary/aromatic N) is 4. The minimum atomic E-state index is 0.162. The van der Waals surface area contributed by atoms with E-state index in [-0.39, 0.29) is 5.91 Å². The molecule has 9 rings (SSSR count). The quantitative estimate of drug-likeness (QED) is 0.192. The highest BCUT2D eigenvalue weighted by Crippen LogP contribution is 2.42. The van der Waals surface area contributed by atoms with Crippen LogP contribution in [0.4, 0.5) is 0 Å². The smallest absolute Gasteiger partial charge is 0.227 e. The molecule has 0 unspecified atom stereocenters. The zero-order valence-corrected chi connectivity index (χ0v) is 33.5. The summed E-state index contributed by atoms with van der Waals surface area (Å²) in [6, 6.07) is 20.2. The van der Waals surface area contributed by atoms with Gasteiger partial charge in [-0.05, 0) is 152 Å². The number of aryl methyl sites for hydroxylation is 4. The Morgan fingerprint density at radius 1 is 0.582 bits per heavy atom. The van der Waals surface area contributed by atoms with Crippen LogP contribution in [-0.2, 0) is 36.9 Å². The molecule has 4 aliphatic rings. The molecule has 0 bridgehead atoms. The Hall–Kier alpha value is -4.04. The summed E-state index contributed by atoms with van der Waals surface area (Å²) in [7, 11) is 0. The highest BCUT2D eigenvalue weighted by molar-refractivity contribution is 6.42. The van der Waals surface area contributed by atoms with E-state index in [1.807, 2.05) is 65.8 Å². The fourth-order valence-corrected chi connectivity index (χ4v) is 9.04. The van der Waals surface area contributed by atoms with Crippen LogP contribution in [0.5, 0.6) is 0 Å². The van der Waals surface area contributed by atoms with E-state index in [1.165, 1.54) is 50.1 Å². The zero-order chi connectivity index (χ0) is 37.9. The van der Waals surface area contributed by atoms with Crippen molar-refractivity contribution in [1.82, 2.24) is 25.2 Å². The number of benzene rings is 2. The van der Waals surface area contributed by atoms with Gasteiger partial charge >= 0.3 is 0 Å². The maximum atomic E-state index is 12.8. The maximum Gasteiger partial charge on any atom is 0.227 e. The van der Waals surface area contributed by atoms with Gasteiger partial charge in [-0.2, -0.15) is 0 Å². The SMILES string of the molecule is Clc1cc2c(cc1Cl)C(=C1CCNCC1)c1ncccc1CC2.O=C(Cc1ccncc1)N1CCC(=C2c3cc(Cl)c(Cl)cc3CCc3cccnc32)CC1. The van der Waals surface area contributed by atoms with E-state index in [9.17, 15) is 4.79 Å². The lowest BCUT2D eigenvalue weighted by Gasteiger charge is -2.30. The molecule has 0 radical (unpaired) electrons. The highest BCUT2D eigenvalue weighted by Gasteiger charge is 2.28. The normalized spacial score (nSPS) is 16.5. The minimum Gasteiger partial charge on any atom is -0.342 e. The number of carbonyl (C=O) groups excluding carboxylic acids is 1. The van der Waals surface area contributed by atoms with Gasteiger partial charge in [-0.1, -0.05) is 69.7 Å². The Bertz CT molecular complexity index is 2300. The Labute approximate surface area is 342 Å². The first-order chi connectivity index (χ1) is 26.8. The van der Waals surface area contributed by atoms with Crippen LogP contribution < -0.4 is 5.32 Å². The van der Waals surface area contributed by atoms with Crippen molar-refractivity contribution < 1.29 is 4.79 Å². The van der Waals surface area contributed by atoms with Crippen molar-refractivity contribution in [1.29, 1.82) is 0 Å². The van der Waals surface area contributed by atoms with Crippen molar-refractivity contribution in [2.45, 2.75) is 57.8 Å². The second-order valence-electron chi connectivity index (χ2n) is 14.5. The summed E-state index contributed by atoms with van der Waals surface area (Å²) in [6.07, 6.45) is 15.2. The van der Waals surface area contributed by atoms with E-state index in [4.69, 9.17) is 56.4 Å². The van der Waals surface area contributed by atoms with Crippen LogP contribution in [0.1, 0.15) is 76.0 Å². The van der Waals surface area contributed by atoms with Gasteiger partial charge in [0.25, 0.3) is 0 Å². The van der Waals surface area contributed by atoms with Gasteiger partial charge in [0.15, 0.2) is 0 Å². The molecule has 2 saturated heterocycles. The summed E-state index contributed by atoms with van der Waals surface area (Å²) in [5, 5.41) is 5.85. The summed E-state index contributed by atoms with van der Waals surface area (Å²) in [5.41, 5.74) is 15.8. The average Bonchev–Trinajstić information content (AvgIpc) is 3.47. The lowest BCUT2D eigenvalue weighted by molar-refractivity contribution is -0.130. The number of aromatic nitrogens is 3. The monoisotopic (exact) mass is 807 g/mol. The molecule has 0 saturated carbocycles. The summed E-state index contributed by atoms with van der Waals surface area (Å²) in [5.74, 6) is 0.162. The molecular weight excluding hydrogens is 768 g/mol. The van der Waals surface area contributed by atoms with Gasteiger partial charge in [0.05, 0.1) is 37.9 Å². The van der Waals surface area contributed by atoms with Crippen molar-refractivity contribution in [2.24, 2.45) is 0 Å². The van der Waals surface area contributed by atoms with Crippen molar-refractivity contribution in [3.63, 3.8) is 0 Å². The van der Waals surface area contributed by atoms with E-state index >= 15 is 0 Å². The Balaban J connectivity index is 0.000000164. The molecule has 1 N–H and O–H groups in total. The number of nitrogens with one attached hydrogen (secondary N) is 1. The summed E-state index contributed by atoms with van der Waals surface area (Å²) < 4.78 is 0. The molecule has 5 aromatic rings. The van der Waals surface area contributed by atoms with E-state index < -0.39 is 0 Å². The predicted octanol–water partition coefficient (Wildman–Crippen LogP) is 10.2. The van der Waals surface area contributed by atoms with Crippen LogP contribution in [0.25, 0.3) is 11.1 Å². The molecule has 0 spiro atoms. The van der Waals surface area contributed by atoms with E-state index in [1.54, 1.807) is 12.4 Å². The van der Waals surface area contributed by atoms with E-state index in [2.05, 4.69) is 22.4 Å². The van der Waals surface area contributed by atoms with Gasteiger partial charge in [0, 0.05) is 49.0 Å². The fourth-order valence-electron chi connectivity index (χ4n) is 8.34. The summed E-state index contributed by atoms with van der Waals surface area (Å²) in [4.78, 5) is 28.3. The Morgan fingerprint density at radius 2 is 1.05 bits per heavy atom. The van der Waals surface area contributed by atoms with Crippen LogP contribution in [0.2, 0.25) is 20.1 Å². The van der Waals surface area contributed by atoms with Gasteiger partial charge in [-0.25, -0.2) is 0 Å². The largest absolute Gasteiger partial charge is 0.342 e.